The standard InChI is InChI=1S/C50H38N2/c1-35-14-13-19-40(32-35)46-33-36(2)24-31-49(46)52-48-23-12-10-21-44(48)45-30-29-42(34-50(45)52)51(41-27-25-38(26-28-41)37-15-5-3-6-16-37)47-22-11-9-20-43(47)39-17-7-4-8-18-39/h3-34H,1-2H3. The summed E-state index contributed by atoms with van der Waals surface area (Å²) in [6.45, 7) is 4.35. The molecule has 9 aromatic rings. The van der Waals surface area contributed by atoms with Crippen molar-refractivity contribution in [2.75, 3.05) is 4.90 Å². The predicted octanol–water partition coefficient (Wildman–Crippen LogP) is 13.9. The fourth-order valence-corrected chi connectivity index (χ4v) is 7.64. The van der Waals surface area contributed by atoms with E-state index in [-0.39, 0.29) is 0 Å². The van der Waals surface area contributed by atoms with Crippen LogP contribution in [0.4, 0.5) is 17.1 Å². The van der Waals surface area contributed by atoms with Crippen LogP contribution in [-0.4, -0.2) is 4.57 Å². The lowest BCUT2D eigenvalue weighted by Crippen LogP contribution is -2.11. The lowest BCUT2D eigenvalue weighted by molar-refractivity contribution is 1.17. The largest absolute Gasteiger partial charge is 0.310 e. The Labute approximate surface area is 305 Å². The molecule has 0 atom stereocenters. The zero-order valence-corrected chi connectivity index (χ0v) is 29.4. The quantitative estimate of drug-likeness (QED) is 0.164. The number of aryl methyl sites for hydroxylation is 2. The van der Waals surface area contributed by atoms with E-state index in [2.05, 4.69) is 217 Å². The predicted molar refractivity (Wildman–Crippen MR) is 221 cm³/mol. The Morgan fingerprint density at radius 3 is 1.77 bits per heavy atom. The van der Waals surface area contributed by atoms with E-state index < -0.39 is 0 Å². The van der Waals surface area contributed by atoms with E-state index in [4.69, 9.17) is 0 Å². The molecular formula is C50H38N2. The number of nitrogens with zero attached hydrogens (tertiary/aromatic N) is 2. The summed E-state index contributed by atoms with van der Waals surface area (Å²) in [5.41, 5.74) is 16.5. The van der Waals surface area contributed by atoms with Gasteiger partial charge in [0.25, 0.3) is 0 Å². The molecule has 0 N–H and O–H groups in total. The highest BCUT2D eigenvalue weighted by molar-refractivity contribution is 6.11. The second-order valence-electron chi connectivity index (χ2n) is 13.6. The Balaban J connectivity index is 1.30. The molecule has 0 spiro atoms. The number of anilines is 3. The highest BCUT2D eigenvalue weighted by atomic mass is 15.1. The van der Waals surface area contributed by atoms with Crippen LogP contribution in [0.3, 0.4) is 0 Å². The summed E-state index contributed by atoms with van der Waals surface area (Å²) in [5, 5.41) is 2.47. The van der Waals surface area contributed by atoms with Gasteiger partial charge in [0.15, 0.2) is 0 Å². The summed E-state index contributed by atoms with van der Waals surface area (Å²) >= 11 is 0. The van der Waals surface area contributed by atoms with Gasteiger partial charge < -0.3 is 9.47 Å². The van der Waals surface area contributed by atoms with Crippen LogP contribution < -0.4 is 4.90 Å². The minimum atomic E-state index is 1.09. The third-order valence-electron chi connectivity index (χ3n) is 10.1. The van der Waals surface area contributed by atoms with Gasteiger partial charge in [-0.1, -0.05) is 157 Å². The van der Waals surface area contributed by atoms with Gasteiger partial charge in [-0.3, -0.25) is 0 Å². The molecule has 248 valence electrons. The Morgan fingerprint density at radius 1 is 0.365 bits per heavy atom. The normalized spacial score (nSPS) is 11.3. The molecule has 0 unspecified atom stereocenters. The molecule has 1 aromatic heterocycles. The summed E-state index contributed by atoms with van der Waals surface area (Å²) < 4.78 is 2.46. The van der Waals surface area contributed by atoms with Gasteiger partial charge in [0.05, 0.1) is 22.4 Å². The molecule has 9 rings (SSSR count). The molecule has 8 aromatic carbocycles. The fourth-order valence-electron chi connectivity index (χ4n) is 7.64. The molecule has 0 fully saturated rings. The SMILES string of the molecule is Cc1cccc(-c2cc(C)ccc2-n2c3ccccc3c3ccc(N(c4ccc(-c5ccccc5)cc4)c4ccccc4-c4ccccc4)cc32)c1. The van der Waals surface area contributed by atoms with Gasteiger partial charge in [0.2, 0.25) is 0 Å². The van der Waals surface area contributed by atoms with E-state index in [1.807, 2.05) is 0 Å². The van der Waals surface area contributed by atoms with E-state index in [9.17, 15) is 0 Å². The maximum atomic E-state index is 2.46. The zero-order chi connectivity index (χ0) is 35.0. The van der Waals surface area contributed by atoms with E-state index in [0.29, 0.717) is 0 Å². The molecule has 1 heterocycles. The van der Waals surface area contributed by atoms with Gasteiger partial charge in [0, 0.05) is 33.3 Å². The van der Waals surface area contributed by atoms with Crippen molar-refractivity contribution in [3.63, 3.8) is 0 Å². The zero-order valence-electron chi connectivity index (χ0n) is 29.4. The van der Waals surface area contributed by atoms with Crippen molar-refractivity contribution in [3.8, 4) is 39.1 Å². The molecule has 0 saturated heterocycles. The Kier molecular flexibility index (Phi) is 7.98. The highest BCUT2D eigenvalue weighted by Crippen LogP contribution is 2.44. The van der Waals surface area contributed by atoms with Crippen LogP contribution in [0.1, 0.15) is 11.1 Å². The van der Waals surface area contributed by atoms with Crippen molar-refractivity contribution in [3.05, 3.63) is 205 Å². The molecule has 2 heteroatoms. The van der Waals surface area contributed by atoms with Crippen molar-refractivity contribution in [1.29, 1.82) is 0 Å². The Bertz CT molecular complexity index is 2690. The minimum Gasteiger partial charge on any atom is -0.310 e. The minimum absolute atomic E-state index is 1.09. The molecular weight excluding hydrogens is 629 g/mol. The van der Waals surface area contributed by atoms with Gasteiger partial charge in [-0.15, -0.1) is 0 Å². The lowest BCUT2D eigenvalue weighted by atomic mass is 9.99. The number of benzene rings is 8. The maximum Gasteiger partial charge on any atom is 0.0562 e. The van der Waals surface area contributed by atoms with Crippen molar-refractivity contribution in [2.45, 2.75) is 13.8 Å². The van der Waals surface area contributed by atoms with Crippen molar-refractivity contribution < 1.29 is 0 Å². The summed E-state index contributed by atoms with van der Waals surface area (Å²) in [6.07, 6.45) is 0. The van der Waals surface area contributed by atoms with Gasteiger partial charge >= 0.3 is 0 Å². The smallest absolute Gasteiger partial charge is 0.0562 e. The first-order valence-electron chi connectivity index (χ1n) is 17.9. The topological polar surface area (TPSA) is 8.17 Å². The Morgan fingerprint density at radius 2 is 0.981 bits per heavy atom. The van der Waals surface area contributed by atoms with Crippen molar-refractivity contribution in [1.82, 2.24) is 4.57 Å². The third-order valence-corrected chi connectivity index (χ3v) is 10.1. The molecule has 0 bridgehead atoms. The van der Waals surface area contributed by atoms with E-state index in [0.717, 1.165) is 17.1 Å². The first-order valence-corrected chi connectivity index (χ1v) is 17.9. The number of aromatic nitrogens is 1. The average Bonchev–Trinajstić information content (AvgIpc) is 3.53. The molecule has 0 aliphatic carbocycles. The number of hydrogen-bond acceptors (Lipinski definition) is 1. The maximum absolute atomic E-state index is 2.46. The van der Waals surface area contributed by atoms with Crippen LogP contribution in [0.2, 0.25) is 0 Å². The van der Waals surface area contributed by atoms with E-state index in [1.54, 1.807) is 0 Å². The number of para-hydroxylation sites is 2. The number of rotatable bonds is 7. The van der Waals surface area contributed by atoms with Crippen LogP contribution in [0, 0.1) is 13.8 Å². The van der Waals surface area contributed by atoms with Gasteiger partial charge in [-0.2, -0.15) is 0 Å². The number of hydrogen-bond donors (Lipinski definition) is 0. The summed E-state index contributed by atoms with van der Waals surface area (Å²) in [6, 6.07) is 70.4. The first kappa shape index (κ1) is 31.3. The molecule has 2 nitrogen and oxygen atoms in total. The van der Waals surface area contributed by atoms with Crippen LogP contribution in [-0.2, 0) is 0 Å². The third kappa shape index (κ3) is 5.65. The summed E-state index contributed by atoms with van der Waals surface area (Å²) in [4.78, 5) is 2.41. The second kappa shape index (κ2) is 13.2. The molecule has 0 aliphatic rings. The second-order valence-corrected chi connectivity index (χ2v) is 13.6. The highest BCUT2D eigenvalue weighted by Gasteiger charge is 2.21. The van der Waals surface area contributed by atoms with E-state index in [1.165, 1.54) is 72.0 Å². The van der Waals surface area contributed by atoms with Gasteiger partial charge in [0.1, 0.15) is 0 Å². The van der Waals surface area contributed by atoms with Gasteiger partial charge in [-0.25, -0.2) is 0 Å². The average molecular weight is 667 g/mol. The van der Waals surface area contributed by atoms with Crippen LogP contribution in [0.5, 0.6) is 0 Å². The molecule has 0 saturated carbocycles. The first-order chi connectivity index (χ1) is 25.6. The summed E-state index contributed by atoms with van der Waals surface area (Å²) in [5.74, 6) is 0. The lowest BCUT2D eigenvalue weighted by Gasteiger charge is -2.28. The number of fused-ring (bicyclic) bond motifs is 3. The fraction of sp³-hybridized carbons (Fsp3) is 0.0400. The van der Waals surface area contributed by atoms with Crippen LogP contribution >= 0.6 is 0 Å². The van der Waals surface area contributed by atoms with Crippen LogP contribution in [0.15, 0.2) is 194 Å². The molecule has 0 aliphatic heterocycles. The van der Waals surface area contributed by atoms with Crippen molar-refractivity contribution >= 4 is 38.9 Å². The molecule has 52 heavy (non-hydrogen) atoms. The molecule has 0 amide bonds. The van der Waals surface area contributed by atoms with Crippen LogP contribution in [0.25, 0.3) is 60.9 Å². The van der Waals surface area contributed by atoms with Crippen molar-refractivity contribution in [2.24, 2.45) is 0 Å². The van der Waals surface area contributed by atoms with Gasteiger partial charge in [-0.05, 0) is 84.6 Å². The molecule has 0 radical (unpaired) electrons. The van der Waals surface area contributed by atoms with E-state index >= 15 is 0 Å². The summed E-state index contributed by atoms with van der Waals surface area (Å²) in [7, 11) is 0. The Hall–Kier alpha value is -6.64. The monoisotopic (exact) mass is 666 g/mol.